The summed E-state index contributed by atoms with van der Waals surface area (Å²) in [7, 11) is -1.64. The fourth-order valence-electron chi connectivity index (χ4n) is 1.92. The molecule has 7 heteroatoms. The Balaban J connectivity index is 2.09. The van der Waals surface area contributed by atoms with E-state index in [4.69, 9.17) is 4.42 Å². The second-order valence-electron chi connectivity index (χ2n) is 4.87. The summed E-state index contributed by atoms with van der Waals surface area (Å²) in [6, 6.07) is 6.72. The van der Waals surface area contributed by atoms with Gasteiger partial charge in [0, 0.05) is 4.88 Å². The number of thiophene rings is 1. The van der Waals surface area contributed by atoms with Crippen LogP contribution in [0.5, 0.6) is 0 Å². The highest BCUT2D eigenvalue weighted by molar-refractivity contribution is 7.91. The molecule has 0 aromatic carbocycles. The molecule has 2 aromatic rings. The molecule has 0 aliphatic heterocycles. The third-order valence-electron chi connectivity index (χ3n) is 3.04. The van der Waals surface area contributed by atoms with Crippen molar-refractivity contribution in [3.63, 3.8) is 0 Å². The van der Waals surface area contributed by atoms with Crippen LogP contribution in [0.3, 0.4) is 0 Å². The minimum Gasteiger partial charge on any atom is -0.465 e. The van der Waals surface area contributed by atoms with Crippen molar-refractivity contribution >= 4 is 21.4 Å². The molecular formula is C14H20N2O3S2. The first-order valence-electron chi connectivity index (χ1n) is 6.74. The van der Waals surface area contributed by atoms with E-state index in [9.17, 15) is 8.42 Å². The van der Waals surface area contributed by atoms with Crippen LogP contribution >= 0.6 is 11.3 Å². The van der Waals surface area contributed by atoms with E-state index in [0.29, 0.717) is 9.97 Å². The van der Waals surface area contributed by atoms with E-state index in [1.54, 1.807) is 19.1 Å². The Kier molecular flexibility index (Phi) is 5.21. The molecule has 116 valence electrons. The van der Waals surface area contributed by atoms with Gasteiger partial charge in [-0.2, -0.15) is 0 Å². The summed E-state index contributed by atoms with van der Waals surface area (Å²) in [5.74, 6) is 1.38. The van der Waals surface area contributed by atoms with Crippen LogP contribution < -0.4 is 10.0 Å². The van der Waals surface area contributed by atoms with E-state index in [0.717, 1.165) is 23.6 Å². The topological polar surface area (TPSA) is 71.3 Å². The molecular weight excluding hydrogens is 308 g/mol. The lowest BCUT2D eigenvalue weighted by Gasteiger charge is -2.10. The summed E-state index contributed by atoms with van der Waals surface area (Å²) >= 11 is 1.30. The molecule has 1 atom stereocenters. The normalized spacial score (nSPS) is 13.5. The van der Waals surface area contributed by atoms with E-state index < -0.39 is 16.1 Å². The lowest BCUT2D eigenvalue weighted by Crippen LogP contribution is -2.25. The Labute approximate surface area is 129 Å². The van der Waals surface area contributed by atoms with Crippen molar-refractivity contribution in [1.82, 2.24) is 10.0 Å². The molecule has 0 fully saturated rings. The lowest BCUT2D eigenvalue weighted by molar-refractivity contribution is 0.441. The van der Waals surface area contributed by atoms with Crippen LogP contribution in [0.1, 0.15) is 29.4 Å². The van der Waals surface area contributed by atoms with E-state index in [1.165, 1.54) is 11.3 Å². The third-order valence-corrected chi connectivity index (χ3v) is 6.22. The van der Waals surface area contributed by atoms with E-state index in [-0.39, 0.29) is 0 Å². The Morgan fingerprint density at radius 3 is 2.67 bits per heavy atom. The number of nitrogens with one attached hydrogen (secondary N) is 2. The second kappa shape index (κ2) is 6.74. The average Bonchev–Trinajstić information content (AvgIpc) is 3.05. The van der Waals surface area contributed by atoms with E-state index in [2.05, 4.69) is 10.0 Å². The Morgan fingerprint density at radius 1 is 1.29 bits per heavy atom. The van der Waals surface area contributed by atoms with Gasteiger partial charge in [-0.1, -0.05) is 0 Å². The molecule has 0 spiro atoms. The SMILES string of the molecule is CNCCc1ccc(S(=O)(=O)NC(C)c2ccc(C)o2)s1. The summed E-state index contributed by atoms with van der Waals surface area (Å²) in [5, 5.41) is 3.05. The molecule has 5 nitrogen and oxygen atoms in total. The zero-order valence-electron chi connectivity index (χ0n) is 12.3. The van der Waals surface area contributed by atoms with Crippen molar-refractivity contribution in [2.24, 2.45) is 0 Å². The van der Waals surface area contributed by atoms with Gasteiger partial charge in [-0.3, -0.25) is 0 Å². The summed E-state index contributed by atoms with van der Waals surface area (Å²) < 4.78 is 33.1. The van der Waals surface area contributed by atoms with Gasteiger partial charge in [-0.15, -0.1) is 11.3 Å². The number of aryl methyl sites for hydroxylation is 1. The predicted molar refractivity (Wildman–Crippen MR) is 84.1 cm³/mol. The van der Waals surface area contributed by atoms with Gasteiger partial charge in [0.1, 0.15) is 15.7 Å². The Hall–Kier alpha value is -1.15. The first-order valence-corrected chi connectivity index (χ1v) is 9.04. The molecule has 1 unspecified atom stereocenters. The quantitative estimate of drug-likeness (QED) is 0.819. The summed E-state index contributed by atoms with van der Waals surface area (Å²) in [4.78, 5) is 1.05. The van der Waals surface area contributed by atoms with Crippen LogP contribution in [-0.4, -0.2) is 22.0 Å². The van der Waals surface area contributed by atoms with Gasteiger partial charge in [0.25, 0.3) is 10.0 Å². The highest BCUT2D eigenvalue weighted by Gasteiger charge is 2.21. The largest absolute Gasteiger partial charge is 0.465 e. The number of likely N-dealkylation sites (N-methyl/N-ethyl adjacent to an activating group) is 1. The molecule has 0 aliphatic carbocycles. The number of hydrogen-bond donors (Lipinski definition) is 2. The minimum absolute atomic E-state index is 0.337. The van der Waals surface area contributed by atoms with Gasteiger partial charge in [0.2, 0.25) is 0 Å². The van der Waals surface area contributed by atoms with Crippen LogP contribution in [0.4, 0.5) is 0 Å². The van der Waals surface area contributed by atoms with Crippen molar-refractivity contribution < 1.29 is 12.8 Å². The maximum Gasteiger partial charge on any atom is 0.250 e. The molecule has 0 amide bonds. The fourth-order valence-corrected chi connectivity index (χ4v) is 4.50. The molecule has 0 radical (unpaired) electrons. The predicted octanol–water partition coefficient (Wildman–Crippen LogP) is 2.45. The maximum atomic E-state index is 12.4. The van der Waals surface area contributed by atoms with Crippen molar-refractivity contribution in [1.29, 1.82) is 0 Å². The minimum atomic E-state index is -3.51. The summed E-state index contributed by atoms with van der Waals surface area (Å²) in [6.45, 7) is 4.43. The number of rotatable bonds is 7. The Bertz CT molecular complexity index is 689. The Morgan fingerprint density at radius 2 is 2.05 bits per heavy atom. The summed E-state index contributed by atoms with van der Waals surface area (Å²) in [5.41, 5.74) is 0. The van der Waals surface area contributed by atoms with Crippen molar-refractivity contribution in [3.05, 3.63) is 40.7 Å². The van der Waals surface area contributed by atoms with Gasteiger partial charge >= 0.3 is 0 Å². The lowest BCUT2D eigenvalue weighted by atomic mass is 10.3. The van der Waals surface area contributed by atoms with Crippen molar-refractivity contribution in [3.8, 4) is 0 Å². The number of furan rings is 1. The smallest absolute Gasteiger partial charge is 0.250 e. The van der Waals surface area contributed by atoms with Gasteiger partial charge in [0.15, 0.2) is 0 Å². The molecule has 2 rings (SSSR count). The zero-order valence-corrected chi connectivity index (χ0v) is 14.0. The monoisotopic (exact) mass is 328 g/mol. The van der Waals surface area contributed by atoms with Gasteiger partial charge in [0.05, 0.1) is 6.04 Å². The van der Waals surface area contributed by atoms with Gasteiger partial charge in [-0.25, -0.2) is 13.1 Å². The maximum absolute atomic E-state index is 12.4. The average molecular weight is 328 g/mol. The molecule has 0 saturated carbocycles. The first kappa shape index (κ1) is 16.2. The van der Waals surface area contributed by atoms with Crippen LogP contribution in [0.25, 0.3) is 0 Å². The molecule has 21 heavy (non-hydrogen) atoms. The standard InChI is InChI=1S/C14H20N2O3S2/c1-10-4-6-13(19-10)11(2)16-21(17,18)14-7-5-12(20-14)8-9-15-3/h4-7,11,15-16H,8-9H2,1-3H3. The van der Waals surface area contributed by atoms with Crippen LogP contribution in [0.2, 0.25) is 0 Å². The highest BCUT2D eigenvalue weighted by atomic mass is 32.2. The van der Waals surface area contributed by atoms with Crippen LogP contribution in [-0.2, 0) is 16.4 Å². The first-order chi connectivity index (χ1) is 9.92. The molecule has 0 aliphatic rings. The molecule has 0 bridgehead atoms. The van der Waals surface area contributed by atoms with Crippen LogP contribution in [0.15, 0.2) is 32.9 Å². The number of sulfonamides is 1. The second-order valence-corrected chi connectivity index (χ2v) is 7.97. The van der Waals surface area contributed by atoms with Crippen molar-refractivity contribution in [2.75, 3.05) is 13.6 Å². The highest BCUT2D eigenvalue weighted by Crippen LogP contribution is 2.24. The van der Waals surface area contributed by atoms with E-state index >= 15 is 0 Å². The van der Waals surface area contributed by atoms with Gasteiger partial charge in [-0.05, 0) is 58.1 Å². The van der Waals surface area contributed by atoms with Crippen LogP contribution in [0, 0.1) is 6.92 Å². The third kappa shape index (κ3) is 4.16. The molecule has 2 aromatic heterocycles. The van der Waals surface area contributed by atoms with Gasteiger partial charge < -0.3 is 9.73 Å². The molecule has 2 N–H and O–H groups in total. The van der Waals surface area contributed by atoms with E-state index in [1.807, 2.05) is 26.1 Å². The number of hydrogen-bond acceptors (Lipinski definition) is 5. The van der Waals surface area contributed by atoms with Crippen molar-refractivity contribution in [2.45, 2.75) is 30.5 Å². The molecule has 0 saturated heterocycles. The fraction of sp³-hybridized carbons (Fsp3) is 0.429. The summed E-state index contributed by atoms with van der Waals surface area (Å²) in [6.07, 6.45) is 0.823. The molecule has 2 heterocycles. The zero-order chi connectivity index (χ0) is 15.5.